The number of piperazine rings is 1. The molecule has 1 amide bonds. The van der Waals surface area contributed by atoms with E-state index in [-0.39, 0.29) is 31.2 Å². The number of nitrogens with zero attached hydrogens (tertiary/aromatic N) is 5. The van der Waals surface area contributed by atoms with Crippen molar-refractivity contribution in [2.75, 3.05) is 33.2 Å². The van der Waals surface area contributed by atoms with Gasteiger partial charge in [-0.1, -0.05) is 0 Å². The summed E-state index contributed by atoms with van der Waals surface area (Å²) in [6, 6.07) is 0. The van der Waals surface area contributed by atoms with Gasteiger partial charge in [-0.15, -0.1) is 0 Å². The predicted molar refractivity (Wildman–Crippen MR) is 73.6 cm³/mol. The fraction of sp³-hybridized carbons (Fsp3) is 0.700. The molecule has 0 aliphatic carbocycles. The van der Waals surface area contributed by atoms with Gasteiger partial charge in [0.25, 0.3) is 10.2 Å². The number of amides is 1. The molecule has 1 aliphatic heterocycles. The zero-order valence-corrected chi connectivity index (χ0v) is 12.7. The number of carbonyl (C=O) groups excluding carboxylic acids is 1. The molecule has 0 aromatic carbocycles. The Kier molecular flexibility index (Phi) is 4.44. The number of carbonyl (C=O) groups is 1. The summed E-state index contributed by atoms with van der Waals surface area (Å²) in [7, 11) is -0.557. The number of rotatable bonds is 4. The lowest BCUT2D eigenvalue weighted by molar-refractivity contribution is -0.133. The van der Waals surface area contributed by atoms with Gasteiger partial charge in [-0.2, -0.15) is 17.8 Å². The quantitative estimate of drug-likeness (QED) is 0.644. The summed E-state index contributed by atoms with van der Waals surface area (Å²) in [4.78, 5) is 25.2. The van der Waals surface area contributed by atoms with Gasteiger partial charge in [-0.05, 0) is 0 Å². The maximum Gasteiger partial charge on any atom is 0.345 e. The Morgan fingerprint density at radius 3 is 2.43 bits per heavy atom. The van der Waals surface area contributed by atoms with Gasteiger partial charge in [0.05, 0.1) is 0 Å². The first kappa shape index (κ1) is 15.7. The van der Waals surface area contributed by atoms with Crippen LogP contribution in [0.1, 0.15) is 0 Å². The van der Waals surface area contributed by atoms with Gasteiger partial charge in [-0.3, -0.25) is 9.36 Å². The molecule has 1 saturated heterocycles. The Morgan fingerprint density at radius 2 is 1.95 bits per heavy atom. The molecule has 21 heavy (non-hydrogen) atoms. The highest BCUT2D eigenvalue weighted by Gasteiger charge is 2.28. The molecule has 1 N–H and O–H groups in total. The molecular weight excluding hydrogens is 300 g/mol. The van der Waals surface area contributed by atoms with Gasteiger partial charge in [0.2, 0.25) is 5.91 Å². The third kappa shape index (κ3) is 3.31. The number of hydrogen-bond donors (Lipinski definition) is 1. The summed E-state index contributed by atoms with van der Waals surface area (Å²) in [6.07, 6.45) is 1.34. The lowest BCUT2D eigenvalue weighted by atomic mass is 10.3. The second-order valence-corrected chi connectivity index (χ2v) is 6.55. The van der Waals surface area contributed by atoms with Crippen LogP contribution in [-0.4, -0.2) is 71.1 Å². The first-order chi connectivity index (χ1) is 9.85. The van der Waals surface area contributed by atoms with Crippen LogP contribution >= 0.6 is 0 Å². The Hall–Kier alpha value is -1.72. The van der Waals surface area contributed by atoms with Crippen LogP contribution in [0.25, 0.3) is 0 Å². The third-order valence-electron chi connectivity index (χ3n) is 3.36. The van der Waals surface area contributed by atoms with Gasteiger partial charge in [-0.25, -0.2) is 14.2 Å². The Bertz CT molecular complexity index is 670. The minimum Gasteiger partial charge on any atom is -0.338 e. The number of hydrogen-bond acceptors (Lipinski definition) is 5. The van der Waals surface area contributed by atoms with E-state index in [9.17, 15) is 18.0 Å². The van der Waals surface area contributed by atoms with E-state index < -0.39 is 10.2 Å². The highest BCUT2D eigenvalue weighted by Crippen LogP contribution is 2.06. The van der Waals surface area contributed by atoms with Crippen molar-refractivity contribution in [3.05, 3.63) is 16.8 Å². The number of aryl methyl sites for hydroxylation is 1. The summed E-state index contributed by atoms with van der Waals surface area (Å²) in [5.41, 5.74) is -0.361. The zero-order valence-electron chi connectivity index (χ0n) is 11.9. The molecule has 1 aromatic heterocycles. The van der Waals surface area contributed by atoms with E-state index in [2.05, 4.69) is 9.82 Å². The molecule has 0 atom stereocenters. The van der Waals surface area contributed by atoms with Gasteiger partial charge >= 0.3 is 5.69 Å². The number of nitrogens with one attached hydrogen (secondary N) is 1. The van der Waals surface area contributed by atoms with Gasteiger partial charge in [0, 0.05) is 40.3 Å². The van der Waals surface area contributed by atoms with Crippen molar-refractivity contribution in [1.82, 2.24) is 28.3 Å². The minimum atomic E-state index is -3.46. The van der Waals surface area contributed by atoms with Crippen LogP contribution in [-0.2, 0) is 28.6 Å². The molecule has 1 aromatic rings. The lowest BCUT2D eigenvalue weighted by Gasteiger charge is -2.33. The monoisotopic (exact) mass is 318 g/mol. The summed E-state index contributed by atoms with van der Waals surface area (Å²) in [5.74, 6) is -0.252. The van der Waals surface area contributed by atoms with E-state index in [0.717, 1.165) is 4.68 Å². The molecule has 2 heterocycles. The predicted octanol–water partition coefficient (Wildman–Crippen LogP) is -2.81. The Balaban J connectivity index is 1.95. The van der Waals surface area contributed by atoms with Gasteiger partial charge in [0.1, 0.15) is 12.9 Å². The molecule has 0 radical (unpaired) electrons. The largest absolute Gasteiger partial charge is 0.345 e. The van der Waals surface area contributed by atoms with Gasteiger partial charge in [0.15, 0.2) is 0 Å². The van der Waals surface area contributed by atoms with Crippen LogP contribution in [0.15, 0.2) is 11.1 Å². The topological polar surface area (TPSA) is 110 Å². The van der Waals surface area contributed by atoms with Crippen LogP contribution < -0.4 is 10.4 Å². The summed E-state index contributed by atoms with van der Waals surface area (Å²) < 4.78 is 29.1. The molecule has 0 bridgehead atoms. The average Bonchev–Trinajstić information content (AvgIpc) is 2.79. The van der Waals surface area contributed by atoms with E-state index >= 15 is 0 Å². The van der Waals surface area contributed by atoms with Crippen LogP contribution in [0.2, 0.25) is 0 Å². The van der Waals surface area contributed by atoms with E-state index in [1.54, 1.807) is 7.05 Å². The summed E-state index contributed by atoms with van der Waals surface area (Å²) in [5, 5.41) is 3.82. The minimum absolute atomic E-state index is 0.140. The molecule has 0 saturated carbocycles. The van der Waals surface area contributed by atoms with Crippen LogP contribution in [0.4, 0.5) is 0 Å². The van der Waals surface area contributed by atoms with Crippen molar-refractivity contribution in [3.63, 3.8) is 0 Å². The van der Waals surface area contributed by atoms with Crippen molar-refractivity contribution in [2.24, 2.45) is 7.05 Å². The fourth-order valence-electron chi connectivity index (χ4n) is 2.06. The van der Waals surface area contributed by atoms with Crippen molar-refractivity contribution < 1.29 is 13.2 Å². The molecule has 118 valence electrons. The smallest absolute Gasteiger partial charge is 0.338 e. The Labute approximate surface area is 122 Å². The third-order valence-corrected chi connectivity index (χ3v) is 4.92. The lowest BCUT2D eigenvalue weighted by Crippen LogP contribution is -2.53. The second kappa shape index (κ2) is 5.95. The standard InChI is InChI=1S/C10H18N6O4S/c1-11-21(19,20)15-5-3-14(4-6-15)9(17)7-16-10(18)13(2)8-12-16/h8,11H,3-7H2,1-2H3. The molecule has 1 aliphatic rings. The molecular formula is C10H18N6O4S. The maximum atomic E-state index is 12.1. The van der Waals surface area contributed by atoms with Crippen molar-refractivity contribution in [3.8, 4) is 0 Å². The van der Waals surface area contributed by atoms with E-state index in [4.69, 9.17) is 0 Å². The van der Waals surface area contributed by atoms with Crippen LogP contribution in [0.5, 0.6) is 0 Å². The summed E-state index contributed by atoms with van der Waals surface area (Å²) in [6.45, 7) is 0.902. The van der Waals surface area contributed by atoms with Gasteiger partial charge < -0.3 is 4.90 Å². The van der Waals surface area contributed by atoms with E-state index in [1.807, 2.05) is 0 Å². The first-order valence-corrected chi connectivity index (χ1v) is 7.84. The number of aromatic nitrogens is 3. The molecule has 0 unspecified atom stereocenters. The SMILES string of the molecule is CNS(=O)(=O)N1CCN(C(=O)Cn2ncn(C)c2=O)CC1. The average molecular weight is 318 g/mol. The van der Waals surface area contributed by atoms with E-state index in [1.165, 1.54) is 27.1 Å². The molecule has 10 nitrogen and oxygen atoms in total. The molecule has 1 fully saturated rings. The van der Waals surface area contributed by atoms with E-state index in [0.29, 0.717) is 13.1 Å². The fourth-order valence-corrected chi connectivity index (χ4v) is 2.97. The highest BCUT2D eigenvalue weighted by molar-refractivity contribution is 7.87. The summed E-state index contributed by atoms with van der Waals surface area (Å²) >= 11 is 0. The Morgan fingerprint density at radius 1 is 1.33 bits per heavy atom. The molecule has 11 heteroatoms. The highest BCUT2D eigenvalue weighted by atomic mass is 32.2. The second-order valence-electron chi connectivity index (χ2n) is 4.67. The van der Waals surface area contributed by atoms with Crippen molar-refractivity contribution >= 4 is 16.1 Å². The van der Waals surface area contributed by atoms with Crippen molar-refractivity contribution in [2.45, 2.75) is 6.54 Å². The van der Waals surface area contributed by atoms with Crippen molar-refractivity contribution in [1.29, 1.82) is 0 Å². The van der Waals surface area contributed by atoms with Crippen LogP contribution in [0, 0.1) is 0 Å². The first-order valence-electron chi connectivity index (χ1n) is 6.40. The molecule has 0 spiro atoms. The van der Waals surface area contributed by atoms with Crippen LogP contribution in [0.3, 0.4) is 0 Å². The maximum absolute atomic E-state index is 12.1. The molecule has 2 rings (SSSR count). The zero-order chi connectivity index (χ0) is 15.6. The normalized spacial score (nSPS) is 17.1.